The van der Waals surface area contributed by atoms with Crippen molar-refractivity contribution in [2.45, 2.75) is 55.5 Å². The molecule has 1 aliphatic heterocycles. The van der Waals surface area contributed by atoms with Crippen molar-refractivity contribution in [3.05, 3.63) is 53.9 Å². The highest BCUT2D eigenvalue weighted by Gasteiger charge is 2.26. The molecule has 33 heavy (non-hydrogen) atoms. The Bertz CT molecular complexity index is 1060. The largest absolute Gasteiger partial charge is 0.444 e. The molecule has 4 rings (SSSR count). The summed E-state index contributed by atoms with van der Waals surface area (Å²) in [6, 6.07) is 8.00. The molecule has 3 aromatic rings. The van der Waals surface area contributed by atoms with E-state index in [9.17, 15) is 4.79 Å². The van der Waals surface area contributed by atoms with Gasteiger partial charge in [0.15, 0.2) is 5.13 Å². The van der Waals surface area contributed by atoms with Crippen molar-refractivity contribution < 1.29 is 9.21 Å². The number of nitrogens with zero attached hydrogens (tertiary/aromatic N) is 3. The van der Waals surface area contributed by atoms with Crippen molar-refractivity contribution in [2.24, 2.45) is 5.92 Å². The predicted molar refractivity (Wildman–Crippen MR) is 134 cm³/mol. The van der Waals surface area contributed by atoms with Crippen LogP contribution in [0.2, 0.25) is 0 Å². The second-order valence-electron chi connectivity index (χ2n) is 9.42. The molecule has 176 valence electrons. The number of nitrogens with one attached hydrogen (secondary N) is 1. The number of nitrogen functional groups attached to an aromatic ring is 1. The van der Waals surface area contributed by atoms with Gasteiger partial charge in [0, 0.05) is 23.6 Å². The molecule has 1 fully saturated rings. The molecule has 0 atom stereocenters. The summed E-state index contributed by atoms with van der Waals surface area (Å²) in [4.78, 5) is 23.9. The normalized spacial score (nSPS) is 15.6. The Hall–Kier alpha value is -2.36. The lowest BCUT2D eigenvalue weighted by Gasteiger charge is -2.31. The molecule has 0 unspecified atom stereocenters. The zero-order valence-corrected chi connectivity index (χ0v) is 21.0. The number of anilines is 2. The number of carbonyl (C=O) groups is 1. The third-order valence-electron chi connectivity index (χ3n) is 5.69. The van der Waals surface area contributed by atoms with E-state index in [1.54, 1.807) is 24.2 Å². The van der Waals surface area contributed by atoms with E-state index >= 15 is 0 Å². The average Bonchev–Trinajstić information content (AvgIpc) is 3.44. The first-order chi connectivity index (χ1) is 15.8. The van der Waals surface area contributed by atoms with Crippen LogP contribution in [0.15, 0.2) is 45.3 Å². The van der Waals surface area contributed by atoms with Crippen LogP contribution in [0.4, 0.5) is 10.8 Å². The van der Waals surface area contributed by atoms with Gasteiger partial charge in [-0.05, 0) is 43.6 Å². The highest BCUT2D eigenvalue weighted by molar-refractivity contribution is 8.00. The first kappa shape index (κ1) is 23.8. The number of rotatable bonds is 7. The smallest absolute Gasteiger partial charge is 0.229 e. The van der Waals surface area contributed by atoms with Crippen molar-refractivity contribution in [1.29, 1.82) is 0 Å². The number of thiazole rings is 1. The summed E-state index contributed by atoms with van der Waals surface area (Å²) >= 11 is 3.11. The molecule has 1 aromatic carbocycles. The Balaban J connectivity index is 1.22. The van der Waals surface area contributed by atoms with Gasteiger partial charge in [0.25, 0.3) is 0 Å². The second-order valence-corrected chi connectivity index (χ2v) is 11.7. The number of hydrogen-bond donors (Lipinski definition) is 2. The first-order valence-corrected chi connectivity index (χ1v) is 13.0. The molecule has 1 saturated heterocycles. The minimum Gasteiger partial charge on any atom is -0.444 e. The van der Waals surface area contributed by atoms with Gasteiger partial charge in [-0.1, -0.05) is 44.2 Å². The molecule has 7 nitrogen and oxygen atoms in total. The average molecular weight is 486 g/mol. The van der Waals surface area contributed by atoms with Gasteiger partial charge in [-0.25, -0.2) is 9.97 Å². The van der Waals surface area contributed by atoms with Crippen LogP contribution in [0, 0.1) is 5.92 Å². The Labute approximate surface area is 203 Å². The van der Waals surface area contributed by atoms with Crippen LogP contribution in [0.5, 0.6) is 0 Å². The molecule has 2 aromatic heterocycles. The number of amides is 1. The number of benzene rings is 1. The van der Waals surface area contributed by atoms with E-state index in [1.807, 2.05) is 12.1 Å². The molecule has 3 heterocycles. The fraction of sp³-hybridized carbons (Fsp3) is 0.458. The summed E-state index contributed by atoms with van der Waals surface area (Å²) in [5, 5.41) is 3.66. The van der Waals surface area contributed by atoms with Crippen molar-refractivity contribution in [2.75, 3.05) is 24.1 Å². The zero-order chi connectivity index (χ0) is 23.4. The van der Waals surface area contributed by atoms with Gasteiger partial charge in [-0.2, -0.15) is 0 Å². The zero-order valence-electron chi connectivity index (χ0n) is 19.3. The van der Waals surface area contributed by atoms with Crippen LogP contribution >= 0.6 is 23.1 Å². The Morgan fingerprint density at radius 3 is 2.61 bits per heavy atom. The summed E-state index contributed by atoms with van der Waals surface area (Å²) in [6.45, 7) is 9.02. The maximum absolute atomic E-state index is 12.7. The third-order valence-corrected chi connectivity index (χ3v) is 7.78. The van der Waals surface area contributed by atoms with E-state index in [4.69, 9.17) is 10.2 Å². The topological polar surface area (TPSA) is 97.3 Å². The molecule has 1 amide bonds. The Kier molecular flexibility index (Phi) is 7.41. The summed E-state index contributed by atoms with van der Waals surface area (Å²) in [5.41, 5.74) is 7.74. The molecule has 0 saturated carbocycles. The van der Waals surface area contributed by atoms with Crippen molar-refractivity contribution in [3.8, 4) is 0 Å². The summed E-state index contributed by atoms with van der Waals surface area (Å²) in [7, 11) is 0. The second kappa shape index (κ2) is 10.3. The number of nitrogens with two attached hydrogens (primary N) is 1. The molecular weight excluding hydrogens is 454 g/mol. The molecule has 3 N–H and O–H groups in total. The van der Waals surface area contributed by atoms with Crippen LogP contribution in [-0.2, 0) is 22.5 Å². The molecule has 1 aliphatic rings. The number of hydrogen-bond acceptors (Lipinski definition) is 8. The fourth-order valence-electron chi connectivity index (χ4n) is 3.68. The lowest BCUT2D eigenvalue weighted by molar-refractivity contribution is -0.121. The molecule has 0 bridgehead atoms. The Morgan fingerprint density at radius 2 is 1.94 bits per heavy atom. The predicted octanol–water partition coefficient (Wildman–Crippen LogP) is 5.15. The van der Waals surface area contributed by atoms with Crippen LogP contribution < -0.4 is 11.1 Å². The Morgan fingerprint density at radius 1 is 1.21 bits per heavy atom. The number of carbonyl (C=O) groups excluding carboxylic acids is 1. The molecule has 0 spiro atoms. The van der Waals surface area contributed by atoms with E-state index in [-0.39, 0.29) is 17.2 Å². The lowest BCUT2D eigenvalue weighted by Crippen LogP contribution is -2.37. The van der Waals surface area contributed by atoms with Crippen molar-refractivity contribution >= 4 is 39.8 Å². The summed E-state index contributed by atoms with van der Waals surface area (Å²) in [5.74, 6) is 2.31. The number of likely N-dealkylation sites (tertiary alicyclic amines) is 1. The van der Waals surface area contributed by atoms with Crippen LogP contribution in [0.25, 0.3) is 0 Å². The van der Waals surface area contributed by atoms with E-state index in [0.29, 0.717) is 16.8 Å². The third kappa shape index (κ3) is 6.59. The fourth-order valence-corrected chi connectivity index (χ4v) is 5.41. The maximum atomic E-state index is 12.7. The van der Waals surface area contributed by atoms with E-state index < -0.39 is 0 Å². The SMILES string of the molecule is CC(C)(C)c1cnc(CSc2cnc(NC(=O)C3CCN(Cc4ccc(N)cc4)CC3)s2)o1. The first-order valence-electron chi connectivity index (χ1n) is 11.2. The molecule has 0 aliphatic carbocycles. The number of piperidine rings is 1. The minimum absolute atomic E-state index is 0.0239. The van der Waals surface area contributed by atoms with Crippen molar-refractivity contribution in [3.63, 3.8) is 0 Å². The van der Waals surface area contributed by atoms with Gasteiger partial charge >= 0.3 is 0 Å². The van der Waals surface area contributed by atoms with Gasteiger partial charge in [0.2, 0.25) is 11.8 Å². The molecule has 9 heteroatoms. The molecular formula is C24H31N5O2S2. The minimum atomic E-state index is -0.0515. The van der Waals surface area contributed by atoms with E-state index in [2.05, 4.69) is 53.1 Å². The van der Waals surface area contributed by atoms with Crippen LogP contribution in [0.3, 0.4) is 0 Å². The number of thioether (sulfide) groups is 1. The number of oxazole rings is 1. The quantitative estimate of drug-likeness (QED) is 0.353. The highest BCUT2D eigenvalue weighted by Crippen LogP contribution is 2.32. The number of aromatic nitrogens is 2. The van der Waals surface area contributed by atoms with Gasteiger partial charge in [-0.15, -0.1) is 11.8 Å². The standard InChI is InChI=1S/C24H31N5O2S2/c1-24(2,3)19-12-26-20(31-19)15-32-21-13-27-23(33-21)28-22(30)17-8-10-29(11-9-17)14-16-4-6-18(25)7-5-16/h4-7,12-13,17H,8-11,14-15,25H2,1-3H3,(H,27,28,30). The summed E-state index contributed by atoms with van der Waals surface area (Å²) < 4.78 is 6.87. The van der Waals surface area contributed by atoms with Gasteiger partial charge in [-0.3, -0.25) is 9.69 Å². The summed E-state index contributed by atoms with van der Waals surface area (Å²) in [6.07, 6.45) is 5.31. The van der Waals surface area contributed by atoms with E-state index in [0.717, 1.165) is 48.1 Å². The van der Waals surface area contributed by atoms with E-state index in [1.165, 1.54) is 16.9 Å². The van der Waals surface area contributed by atoms with Gasteiger partial charge in [0.05, 0.1) is 22.4 Å². The molecule has 0 radical (unpaired) electrons. The highest BCUT2D eigenvalue weighted by atomic mass is 32.2. The van der Waals surface area contributed by atoms with Crippen molar-refractivity contribution in [1.82, 2.24) is 14.9 Å². The van der Waals surface area contributed by atoms with Gasteiger partial charge in [0.1, 0.15) is 5.76 Å². The maximum Gasteiger partial charge on any atom is 0.229 e. The lowest BCUT2D eigenvalue weighted by atomic mass is 9.94. The van der Waals surface area contributed by atoms with Crippen LogP contribution in [-0.4, -0.2) is 33.9 Å². The monoisotopic (exact) mass is 485 g/mol. The van der Waals surface area contributed by atoms with Crippen LogP contribution in [0.1, 0.15) is 50.8 Å². The van der Waals surface area contributed by atoms with Gasteiger partial charge < -0.3 is 15.5 Å².